The van der Waals surface area contributed by atoms with Crippen LogP contribution in [0.15, 0.2) is 71.6 Å². The van der Waals surface area contributed by atoms with E-state index in [1.54, 1.807) is 42.5 Å². The lowest BCUT2D eigenvalue weighted by Crippen LogP contribution is -2.41. The van der Waals surface area contributed by atoms with E-state index in [4.69, 9.17) is 21.1 Å². The number of ether oxygens (including phenoxy) is 2. The number of rotatable bonds is 10. The molecule has 0 saturated carbocycles. The first kappa shape index (κ1) is 25.5. The zero-order chi connectivity index (χ0) is 25.7. The number of sulfonamides is 1. The number of halogens is 1. The molecule has 3 N–H and O–H groups in total. The van der Waals surface area contributed by atoms with Gasteiger partial charge in [0.15, 0.2) is 11.5 Å². The zero-order valence-corrected chi connectivity index (χ0v) is 20.5. The van der Waals surface area contributed by atoms with E-state index in [9.17, 15) is 23.1 Å². The topological polar surface area (TPSA) is 131 Å². The molecule has 3 aromatic carbocycles. The Morgan fingerprint density at radius 1 is 0.944 bits per heavy atom. The minimum Gasteiger partial charge on any atom is -0.480 e. The molecule has 188 valence electrons. The number of amides is 1. The molecule has 0 radical (unpaired) electrons. The fourth-order valence-electron chi connectivity index (χ4n) is 3.60. The van der Waals surface area contributed by atoms with E-state index in [0.29, 0.717) is 22.1 Å². The molecule has 3 aromatic rings. The van der Waals surface area contributed by atoms with Gasteiger partial charge in [-0.2, -0.15) is 4.72 Å². The van der Waals surface area contributed by atoms with E-state index in [0.717, 1.165) is 11.1 Å². The predicted octanol–water partition coefficient (Wildman–Crippen LogP) is 3.68. The summed E-state index contributed by atoms with van der Waals surface area (Å²) in [6.45, 7) is 0.258. The third-order valence-corrected chi connectivity index (χ3v) is 7.27. The van der Waals surface area contributed by atoms with Crippen molar-refractivity contribution in [1.82, 2.24) is 10.0 Å². The standard InChI is InChI=1S/C25H23ClN2O7S/c26-19-8-3-16(4-9-19)17-5-10-20(11-6-17)36(32,33)28-21(25(30)31)2-1-13-27-24(29)18-7-12-22-23(14-18)35-15-34-22/h3-12,14,21,28H,1-2,13,15H2,(H,27,29)(H,30,31). The van der Waals surface area contributed by atoms with Gasteiger partial charge in [0.25, 0.3) is 5.91 Å². The molecule has 0 saturated heterocycles. The molecular weight excluding hydrogens is 508 g/mol. The number of carboxylic acids is 1. The Balaban J connectivity index is 1.31. The highest BCUT2D eigenvalue weighted by molar-refractivity contribution is 7.89. The van der Waals surface area contributed by atoms with Crippen LogP contribution in [0.25, 0.3) is 11.1 Å². The molecule has 0 spiro atoms. The van der Waals surface area contributed by atoms with Crippen molar-refractivity contribution in [2.75, 3.05) is 13.3 Å². The highest BCUT2D eigenvalue weighted by Crippen LogP contribution is 2.32. The highest BCUT2D eigenvalue weighted by atomic mass is 35.5. The molecule has 0 aliphatic carbocycles. The van der Waals surface area contributed by atoms with E-state index in [1.165, 1.54) is 12.1 Å². The maximum Gasteiger partial charge on any atom is 0.321 e. The molecule has 0 bridgehead atoms. The fraction of sp³-hybridized carbons (Fsp3) is 0.200. The molecule has 1 aliphatic heterocycles. The molecule has 9 nitrogen and oxygen atoms in total. The first-order chi connectivity index (χ1) is 17.2. The molecule has 1 atom stereocenters. The minimum absolute atomic E-state index is 0.0150. The predicted molar refractivity (Wildman–Crippen MR) is 133 cm³/mol. The molecular formula is C25H23ClN2O7S. The van der Waals surface area contributed by atoms with Gasteiger partial charge in [0, 0.05) is 17.1 Å². The highest BCUT2D eigenvalue weighted by Gasteiger charge is 2.25. The second kappa shape index (κ2) is 11.0. The van der Waals surface area contributed by atoms with Crippen molar-refractivity contribution in [2.45, 2.75) is 23.8 Å². The van der Waals surface area contributed by atoms with Gasteiger partial charge in [0.05, 0.1) is 4.90 Å². The van der Waals surface area contributed by atoms with Crippen molar-refractivity contribution in [3.63, 3.8) is 0 Å². The first-order valence-corrected chi connectivity index (χ1v) is 12.9. The Labute approximate surface area is 213 Å². The molecule has 1 unspecified atom stereocenters. The van der Waals surface area contributed by atoms with Crippen LogP contribution in [0.1, 0.15) is 23.2 Å². The summed E-state index contributed by atoms with van der Waals surface area (Å²) in [7, 11) is -4.08. The van der Waals surface area contributed by atoms with Gasteiger partial charge in [-0.05, 0) is 66.4 Å². The number of hydrogen-bond acceptors (Lipinski definition) is 6. The summed E-state index contributed by atoms with van der Waals surface area (Å²) in [5.74, 6) is -0.632. The fourth-order valence-corrected chi connectivity index (χ4v) is 4.95. The van der Waals surface area contributed by atoms with Crippen molar-refractivity contribution < 1.29 is 32.6 Å². The van der Waals surface area contributed by atoms with E-state index in [2.05, 4.69) is 10.0 Å². The Bertz CT molecular complexity index is 1360. The summed E-state index contributed by atoms with van der Waals surface area (Å²) in [6, 6.07) is 16.6. The van der Waals surface area contributed by atoms with E-state index in [-0.39, 0.29) is 37.0 Å². The Morgan fingerprint density at radius 2 is 1.58 bits per heavy atom. The van der Waals surface area contributed by atoms with Gasteiger partial charge in [0.2, 0.25) is 16.8 Å². The lowest BCUT2D eigenvalue weighted by molar-refractivity contribution is -0.139. The molecule has 0 aromatic heterocycles. The van der Waals surface area contributed by atoms with Crippen LogP contribution in [0.4, 0.5) is 0 Å². The summed E-state index contributed by atoms with van der Waals surface area (Å²) >= 11 is 5.90. The average molecular weight is 531 g/mol. The van der Waals surface area contributed by atoms with Gasteiger partial charge >= 0.3 is 5.97 Å². The molecule has 4 rings (SSSR count). The third-order valence-electron chi connectivity index (χ3n) is 5.53. The van der Waals surface area contributed by atoms with Crippen molar-refractivity contribution >= 4 is 33.5 Å². The molecule has 36 heavy (non-hydrogen) atoms. The average Bonchev–Trinajstić information content (AvgIpc) is 3.34. The minimum atomic E-state index is -4.08. The van der Waals surface area contributed by atoms with Gasteiger partial charge in [-0.25, -0.2) is 8.42 Å². The molecule has 1 amide bonds. The van der Waals surface area contributed by atoms with Crippen LogP contribution >= 0.6 is 11.6 Å². The molecule has 0 fully saturated rings. The quantitative estimate of drug-likeness (QED) is 0.341. The monoisotopic (exact) mass is 530 g/mol. The van der Waals surface area contributed by atoms with Gasteiger partial charge in [0.1, 0.15) is 6.04 Å². The normalized spacial score (nSPS) is 13.2. The molecule has 1 heterocycles. The zero-order valence-electron chi connectivity index (χ0n) is 18.9. The number of carboxylic acid groups (broad SMARTS) is 1. The van der Waals surface area contributed by atoms with Gasteiger partial charge in [-0.1, -0.05) is 35.9 Å². The summed E-state index contributed by atoms with van der Waals surface area (Å²) in [4.78, 5) is 24.0. The van der Waals surface area contributed by atoms with Crippen LogP contribution in [0.5, 0.6) is 11.5 Å². The van der Waals surface area contributed by atoms with Crippen molar-refractivity contribution in [3.05, 3.63) is 77.3 Å². The Morgan fingerprint density at radius 3 is 2.25 bits per heavy atom. The second-order valence-electron chi connectivity index (χ2n) is 8.01. The van der Waals surface area contributed by atoms with Crippen LogP contribution in [-0.2, 0) is 14.8 Å². The van der Waals surface area contributed by atoms with Crippen LogP contribution in [-0.4, -0.2) is 44.8 Å². The number of nitrogens with one attached hydrogen (secondary N) is 2. The second-order valence-corrected chi connectivity index (χ2v) is 10.2. The van der Waals surface area contributed by atoms with E-state index in [1.807, 2.05) is 12.1 Å². The smallest absolute Gasteiger partial charge is 0.321 e. The summed E-state index contributed by atoms with van der Waals surface area (Å²) < 4.78 is 38.2. The molecule has 11 heteroatoms. The van der Waals surface area contributed by atoms with Crippen LogP contribution in [0.2, 0.25) is 5.02 Å². The van der Waals surface area contributed by atoms with E-state index < -0.39 is 22.0 Å². The SMILES string of the molecule is O=C(NCCCC(NS(=O)(=O)c1ccc(-c2ccc(Cl)cc2)cc1)C(=O)O)c1ccc2c(c1)OCO2. The summed E-state index contributed by atoms with van der Waals surface area (Å²) in [5.41, 5.74) is 2.03. The number of carbonyl (C=O) groups is 2. The first-order valence-electron chi connectivity index (χ1n) is 11.0. The molecule has 1 aliphatic rings. The number of benzene rings is 3. The maximum absolute atomic E-state index is 12.8. The van der Waals surface area contributed by atoms with Gasteiger partial charge in [-0.3, -0.25) is 9.59 Å². The summed E-state index contributed by atoms with van der Waals surface area (Å²) in [5, 5.41) is 12.8. The van der Waals surface area contributed by atoms with Crippen LogP contribution < -0.4 is 19.5 Å². The van der Waals surface area contributed by atoms with Crippen LogP contribution in [0.3, 0.4) is 0 Å². The van der Waals surface area contributed by atoms with Crippen molar-refractivity contribution in [2.24, 2.45) is 0 Å². The Kier molecular flexibility index (Phi) is 7.78. The largest absolute Gasteiger partial charge is 0.480 e. The lowest BCUT2D eigenvalue weighted by Gasteiger charge is -2.15. The lowest BCUT2D eigenvalue weighted by atomic mass is 10.1. The van der Waals surface area contributed by atoms with Crippen molar-refractivity contribution in [1.29, 1.82) is 0 Å². The maximum atomic E-state index is 12.8. The van der Waals surface area contributed by atoms with Gasteiger partial charge in [-0.15, -0.1) is 0 Å². The summed E-state index contributed by atoms with van der Waals surface area (Å²) in [6.07, 6.45) is 0.226. The third kappa shape index (κ3) is 6.14. The Hall–Kier alpha value is -3.60. The van der Waals surface area contributed by atoms with Crippen molar-refractivity contribution in [3.8, 4) is 22.6 Å². The van der Waals surface area contributed by atoms with Crippen LogP contribution in [0, 0.1) is 0 Å². The number of carbonyl (C=O) groups excluding carboxylic acids is 1. The van der Waals surface area contributed by atoms with Gasteiger partial charge < -0.3 is 19.9 Å². The number of aliphatic carboxylic acids is 1. The van der Waals surface area contributed by atoms with E-state index >= 15 is 0 Å². The number of hydrogen-bond donors (Lipinski definition) is 3. The number of fused-ring (bicyclic) bond motifs is 1.